The lowest BCUT2D eigenvalue weighted by Crippen LogP contribution is -2.19. The Labute approximate surface area is 85.7 Å². The summed E-state index contributed by atoms with van der Waals surface area (Å²) >= 11 is 0. The van der Waals surface area contributed by atoms with Crippen molar-refractivity contribution in [3.8, 4) is 0 Å². The summed E-state index contributed by atoms with van der Waals surface area (Å²) in [5.41, 5.74) is 10.8. The van der Waals surface area contributed by atoms with Crippen molar-refractivity contribution in [3.63, 3.8) is 0 Å². The average molecular weight is 190 g/mol. The second-order valence-corrected chi connectivity index (χ2v) is 4.19. The summed E-state index contributed by atoms with van der Waals surface area (Å²) in [6.07, 6.45) is 2.60. The number of hydrogen-bond donors (Lipinski definition) is 1. The van der Waals surface area contributed by atoms with Crippen molar-refractivity contribution in [1.29, 1.82) is 0 Å². The van der Waals surface area contributed by atoms with Gasteiger partial charge in [0.1, 0.15) is 0 Å². The zero-order chi connectivity index (χ0) is 10.1. The zero-order valence-electron chi connectivity index (χ0n) is 9.01. The van der Waals surface area contributed by atoms with Crippen molar-refractivity contribution < 1.29 is 0 Å². The first kappa shape index (κ1) is 9.38. The van der Waals surface area contributed by atoms with E-state index in [1.54, 1.807) is 0 Å². The molecule has 2 rings (SSSR count). The van der Waals surface area contributed by atoms with Crippen LogP contribution in [0, 0.1) is 13.8 Å². The van der Waals surface area contributed by atoms with Crippen LogP contribution in [0.4, 0.5) is 11.4 Å². The van der Waals surface area contributed by atoms with Crippen LogP contribution in [0.15, 0.2) is 12.1 Å². The van der Waals surface area contributed by atoms with Crippen molar-refractivity contribution in [2.45, 2.75) is 26.7 Å². The molecule has 76 valence electrons. The number of nitrogen functional groups attached to an aromatic ring is 1. The molecule has 1 aliphatic heterocycles. The molecule has 2 nitrogen and oxygen atoms in total. The summed E-state index contributed by atoms with van der Waals surface area (Å²) in [6, 6.07) is 4.30. The number of hydrogen-bond acceptors (Lipinski definition) is 2. The molecule has 0 radical (unpaired) electrons. The van der Waals surface area contributed by atoms with Gasteiger partial charge in [0.15, 0.2) is 0 Å². The van der Waals surface area contributed by atoms with Gasteiger partial charge < -0.3 is 10.6 Å². The lowest BCUT2D eigenvalue weighted by atomic mass is 10.1. The minimum atomic E-state index is 0.926. The summed E-state index contributed by atoms with van der Waals surface area (Å²) in [4.78, 5) is 2.39. The van der Waals surface area contributed by atoms with E-state index in [-0.39, 0.29) is 0 Å². The number of nitrogens with zero attached hydrogens (tertiary/aromatic N) is 1. The van der Waals surface area contributed by atoms with Crippen LogP contribution in [-0.2, 0) is 0 Å². The Bertz CT molecular complexity index is 338. The molecule has 0 atom stereocenters. The normalized spacial score (nSPS) is 16.3. The topological polar surface area (TPSA) is 29.3 Å². The Kier molecular flexibility index (Phi) is 2.36. The van der Waals surface area contributed by atoms with Gasteiger partial charge in [0.2, 0.25) is 0 Å². The molecule has 0 amide bonds. The lowest BCUT2D eigenvalue weighted by Gasteiger charge is -2.21. The largest absolute Gasteiger partial charge is 0.397 e. The molecule has 0 bridgehead atoms. The van der Waals surface area contributed by atoms with Gasteiger partial charge in [-0.3, -0.25) is 0 Å². The van der Waals surface area contributed by atoms with Crippen LogP contribution in [0.1, 0.15) is 24.0 Å². The monoisotopic (exact) mass is 190 g/mol. The molecule has 1 saturated heterocycles. The Morgan fingerprint density at radius 2 is 1.64 bits per heavy atom. The zero-order valence-corrected chi connectivity index (χ0v) is 9.01. The lowest BCUT2D eigenvalue weighted by molar-refractivity contribution is 0.949. The summed E-state index contributed by atoms with van der Waals surface area (Å²) in [6.45, 7) is 6.58. The number of anilines is 2. The predicted molar refractivity (Wildman–Crippen MR) is 61.8 cm³/mol. The maximum Gasteiger partial charge on any atom is 0.0602 e. The fourth-order valence-corrected chi connectivity index (χ4v) is 2.06. The highest BCUT2D eigenvalue weighted by Gasteiger charge is 2.15. The Morgan fingerprint density at radius 3 is 2.29 bits per heavy atom. The molecular weight excluding hydrogens is 172 g/mol. The van der Waals surface area contributed by atoms with Crippen LogP contribution >= 0.6 is 0 Å². The van der Waals surface area contributed by atoms with E-state index in [1.807, 2.05) is 0 Å². The van der Waals surface area contributed by atoms with E-state index in [0.29, 0.717) is 0 Å². The average Bonchev–Trinajstić information content (AvgIpc) is 2.64. The van der Waals surface area contributed by atoms with Gasteiger partial charge in [-0.1, -0.05) is 0 Å². The second-order valence-electron chi connectivity index (χ2n) is 4.19. The van der Waals surface area contributed by atoms with Crippen molar-refractivity contribution in [1.82, 2.24) is 0 Å². The molecule has 2 heteroatoms. The molecule has 0 saturated carbocycles. The molecule has 0 spiro atoms. The highest BCUT2D eigenvalue weighted by Crippen LogP contribution is 2.29. The Balaban J connectivity index is 2.37. The minimum absolute atomic E-state index is 0.926. The summed E-state index contributed by atoms with van der Waals surface area (Å²) in [7, 11) is 0. The summed E-state index contributed by atoms with van der Waals surface area (Å²) in [5, 5.41) is 0. The maximum absolute atomic E-state index is 6.03. The molecular formula is C12H18N2. The van der Waals surface area contributed by atoms with Gasteiger partial charge in [0.05, 0.1) is 11.4 Å². The highest BCUT2D eigenvalue weighted by molar-refractivity contribution is 5.70. The first-order valence-electron chi connectivity index (χ1n) is 5.30. The predicted octanol–water partition coefficient (Wildman–Crippen LogP) is 2.49. The second kappa shape index (κ2) is 3.52. The number of benzene rings is 1. The van der Waals surface area contributed by atoms with Gasteiger partial charge in [0, 0.05) is 13.1 Å². The first-order valence-corrected chi connectivity index (χ1v) is 5.30. The van der Waals surface area contributed by atoms with Crippen LogP contribution < -0.4 is 10.6 Å². The first-order chi connectivity index (χ1) is 6.68. The van der Waals surface area contributed by atoms with Crippen molar-refractivity contribution in [2.75, 3.05) is 23.7 Å². The van der Waals surface area contributed by atoms with Crippen LogP contribution in [0.3, 0.4) is 0 Å². The smallest absolute Gasteiger partial charge is 0.0602 e. The summed E-state index contributed by atoms with van der Waals surface area (Å²) in [5.74, 6) is 0. The molecule has 0 unspecified atom stereocenters. The molecule has 1 aromatic rings. The highest BCUT2D eigenvalue weighted by atomic mass is 15.1. The number of aryl methyl sites for hydroxylation is 2. The van der Waals surface area contributed by atoms with Crippen molar-refractivity contribution >= 4 is 11.4 Å². The number of nitrogens with two attached hydrogens (primary N) is 1. The van der Waals surface area contributed by atoms with Gasteiger partial charge in [-0.05, 0) is 49.9 Å². The molecule has 2 N–H and O–H groups in total. The molecule has 0 aliphatic carbocycles. The van der Waals surface area contributed by atoms with Gasteiger partial charge in [-0.2, -0.15) is 0 Å². The standard InChI is InChI=1S/C12H18N2/c1-9-7-11(13)12(8-10(9)2)14-5-3-4-6-14/h7-8H,3-6,13H2,1-2H3. The van der Waals surface area contributed by atoms with E-state index in [0.717, 1.165) is 18.8 Å². The van der Waals surface area contributed by atoms with Gasteiger partial charge in [-0.15, -0.1) is 0 Å². The van der Waals surface area contributed by atoms with Crippen LogP contribution in [0.25, 0.3) is 0 Å². The third kappa shape index (κ3) is 1.57. The Hall–Kier alpha value is -1.18. The van der Waals surface area contributed by atoms with E-state index in [2.05, 4.69) is 30.9 Å². The molecule has 1 fully saturated rings. The SMILES string of the molecule is Cc1cc(N)c(N2CCCC2)cc1C. The van der Waals surface area contributed by atoms with E-state index in [4.69, 9.17) is 5.73 Å². The van der Waals surface area contributed by atoms with Gasteiger partial charge in [0.25, 0.3) is 0 Å². The third-order valence-corrected chi connectivity index (χ3v) is 3.09. The molecule has 1 aromatic carbocycles. The van der Waals surface area contributed by atoms with E-state index >= 15 is 0 Å². The van der Waals surface area contributed by atoms with Crippen LogP contribution in [-0.4, -0.2) is 13.1 Å². The Morgan fingerprint density at radius 1 is 1.07 bits per heavy atom. The molecule has 1 aliphatic rings. The summed E-state index contributed by atoms with van der Waals surface area (Å²) < 4.78 is 0. The van der Waals surface area contributed by atoms with Gasteiger partial charge >= 0.3 is 0 Å². The third-order valence-electron chi connectivity index (χ3n) is 3.09. The minimum Gasteiger partial charge on any atom is -0.397 e. The maximum atomic E-state index is 6.03. The fourth-order valence-electron chi connectivity index (χ4n) is 2.06. The number of rotatable bonds is 1. The molecule has 1 heterocycles. The molecule has 14 heavy (non-hydrogen) atoms. The quantitative estimate of drug-likeness (QED) is 0.689. The van der Waals surface area contributed by atoms with Crippen molar-refractivity contribution in [2.24, 2.45) is 0 Å². The van der Waals surface area contributed by atoms with Crippen LogP contribution in [0.5, 0.6) is 0 Å². The van der Waals surface area contributed by atoms with E-state index in [1.165, 1.54) is 29.7 Å². The van der Waals surface area contributed by atoms with E-state index in [9.17, 15) is 0 Å². The van der Waals surface area contributed by atoms with Crippen LogP contribution in [0.2, 0.25) is 0 Å². The van der Waals surface area contributed by atoms with Gasteiger partial charge in [-0.25, -0.2) is 0 Å². The molecule has 0 aromatic heterocycles. The fraction of sp³-hybridized carbons (Fsp3) is 0.500. The van der Waals surface area contributed by atoms with Crippen molar-refractivity contribution in [3.05, 3.63) is 23.3 Å². The van der Waals surface area contributed by atoms with E-state index < -0.39 is 0 Å².